The highest BCUT2D eigenvalue weighted by Gasteiger charge is 2.13. The molecule has 19 heavy (non-hydrogen) atoms. The molecule has 0 radical (unpaired) electrons. The molecular weight excluding hydrogens is 283 g/mol. The van der Waals surface area contributed by atoms with E-state index in [1.807, 2.05) is 0 Å². The summed E-state index contributed by atoms with van der Waals surface area (Å²) in [5, 5.41) is 17.4. The second-order valence-corrected chi connectivity index (χ2v) is 4.79. The van der Waals surface area contributed by atoms with Crippen LogP contribution in [0.3, 0.4) is 0 Å². The summed E-state index contributed by atoms with van der Waals surface area (Å²) < 4.78 is 25.9. The SMILES string of the molecule is CS(=O)(=O)O.Cc1c(C(=O)O)cccc1C(=O)O.F. The summed E-state index contributed by atoms with van der Waals surface area (Å²) in [6, 6.07) is 4.17. The number of hydrogen-bond donors (Lipinski definition) is 3. The Hall–Kier alpha value is -2.00. The monoisotopic (exact) mass is 296 g/mol. The van der Waals surface area contributed by atoms with Gasteiger partial charge < -0.3 is 10.2 Å². The molecule has 1 rings (SSSR count). The van der Waals surface area contributed by atoms with Crippen molar-refractivity contribution in [2.45, 2.75) is 6.92 Å². The van der Waals surface area contributed by atoms with Crippen LogP contribution in [-0.4, -0.2) is 41.4 Å². The van der Waals surface area contributed by atoms with Crippen LogP contribution in [0.1, 0.15) is 26.3 Å². The smallest absolute Gasteiger partial charge is 0.335 e. The summed E-state index contributed by atoms with van der Waals surface area (Å²) in [7, 11) is -3.67. The zero-order valence-electron chi connectivity index (χ0n) is 10.0. The van der Waals surface area contributed by atoms with Crippen LogP contribution in [0.15, 0.2) is 18.2 Å². The van der Waals surface area contributed by atoms with Crippen molar-refractivity contribution in [2.75, 3.05) is 6.26 Å². The third kappa shape index (κ3) is 7.84. The van der Waals surface area contributed by atoms with Crippen molar-refractivity contribution < 1.29 is 37.5 Å². The molecule has 9 heteroatoms. The molecule has 108 valence electrons. The Labute approximate surface area is 108 Å². The molecule has 0 aliphatic rings. The van der Waals surface area contributed by atoms with Crippen molar-refractivity contribution in [3.05, 3.63) is 34.9 Å². The van der Waals surface area contributed by atoms with Gasteiger partial charge in [-0.15, -0.1) is 0 Å². The maximum absolute atomic E-state index is 10.6. The van der Waals surface area contributed by atoms with Crippen molar-refractivity contribution in [1.82, 2.24) is 0 Å². The maximum atomic E-state index is 10.6. The van der Waals surface area contributed by atoms with Gasteiger partial charge in [-0.25, -0.2) is 9.59 Å². The number of hydrogen-bond acceptors (Lipinski definition) is 4. The van der Waals surface area contributed by atoms with Gasteiger partial charge in [0.25, 0.3) is 10.1 Å². The van der Waals surface area contributed by atoms with Gasteiger partial charge >= 0.3 is 11.9 Å². The van der Waals surface area contributed by atoms with E-state index < -0.39 is 22.1 Å². The molecule has 0 heterocycles. The van der Waals surface area contributed by atoms with Crippen LogP contribution in [0.4, 0.5) is 4.70 Å². The summed E-state index contributed by atoms with van der Waals surface area (Å²) in [5.41, 5.74) is 0.335. The number of aromatic carboxylic acids is 2. The second-order valence-electron chi connectivity index (χ2n) is 3.32. The van der Waals surface area contributed by atoms with E-state index in [9.17, 15) is 18.0 Å². The largest absolute Gasteiger partial charge is 0.478 e. The minimum absolute atomic E-state index is 0. The van der Waals surface area contributed by atoms with E-state index in [4.69, 9.17) is 14.8 Å². The number of halogens is 1. The first-order valence-electron chi connectivity index (χ1n) is 4.52. The Balaban J connectivity index is 0. The predicted molar refractivity (Wildman–Crippen MR) is 65.1 cm³/mol. The number of carboxylic acid groups (broad SMARTS) is 2. The first-order valence-corrected chi connectivity index (χ1v) is 6.37. The minimum atomic E-state index is -3.67. The highest BCUT2D eigenvalue weighted by molar-refractivity contribution is 7.85. The van der Waals surface area contributed by atoms with Gasteiger partial charge in [-0.2, -0.15) is 8.42 Å². The Morgan fingerprint density at radius 3 is 1.53 bits per heavy atom. The fourth-order valence-corrected chi connectivity index (χ4v) is 1.10. The van der Waals surface area contributed by atoms with E-state index in [0.29, 0.717) is 6.26 Å². The molecular formula is C10H13FO7S. The van der Waals surface area contributed by atoms with Gasteiger partial charge in [0.15, 0.2) is 0 Å². The van der Waals surface area contributed by atoms with E-state index in [2.05, 4.69) is 0 Å². The zero-order chi connectivity index (χ0) is 14.5. The third-order valence-corrected chi connectivity index (χ3v) is 1.79. The molecule has 7 nitrogen and oxygen atoms in total. The summed E-state index contributed by atoms with van der Waals surface area (Å²) in [4.78, 5) is 21.2. The highest BCUT2D eigenvalue weighted by Crippen LogP contribution is 2.13. The topological polar surface area (TPSA) is 129 Å². The van der Waals surface area contributed by atoms with Crippen LogP contribution in [0.25, 0.3) is 0 Å². The van der Waals surface area contributed by atoms with Gasteiger partial charge in [0, 0.05) is 0 Å². The molecule has 1 aromatic rings. The van der Waals surface area contributed by atoms with E-state index in [-0.39, 0.29) is 21.4 Å². The lowest BCUT2D eigenvalue weighted by Gasteiger charge is -2.03. The Morgan fingerprint density at radius 1 is 1.05 bits per heavy atom. The van der Waals surface area contributed by atoms with Gasteiger partial charge in [-0.1, -0.05) is 6.07 Å². The maximum Gasteiger partial charge on any atom is 0.335 e. The minimum Gasteiger partial charge on any atom is -0.478 e. The first-order chi connectivity index (χ1) is 8.04. The molecule has 0 bridgehead atoms. The van der Waals surface area contributed by atoms with Crippen LogP contribution in [-0.2, 0) is 10.1 Å². The molecule has 0 fully saturated rings. The summed E-state index contributed by atoms with van der Waals surface area (Å²) in [5.74, 6) is -2.22. The fraction of sp³-hybridized carbons (Fsp3) is 0.200. The lowest BCUT2D eigenvalue weighted by molar-refractivity contribution is 0.0696. The number of benzene rings is 1. The summed E-state index contributed by atoms with van der Waals surface area (Å²) in [6.45, 7) is 1.48. The van der Waals surface area contributed by atoms with E-state index >= 15 is 0 Å². The Bertz CT molecular complexity index is 525. The van der Waals surface area contributed by atoms with Crippen LogP contribution in [0, 0.1) is 6.92 Å². The highest BCUT2D eigenvalue weighted by atomic mass is 32.2. The predicted octanol–water partition coefficient (Wildman–Crippen LogP) is 1.05. The fourth-order valence-electron chi connectivity index (χ4n) is 1.10. The van der Waals surface area contributed by atoms with Crippen molar-refractivity contribution in [3.63, 3.8) is 0 Å². The molecule has 1 aromatic carbocycles. The van der Waals surface area contributed by atoms with Crippen LogP contribution in [0.2, 0.25) is 0 Å². The standard InChI is InChI=1S/C9H8O4.CH4O3S.FH/c1-5-6(8(10)11)3-2-4-7(5)9(12)13;1-5(2,3)4;/h2-4H,1H3,(H,10,11)(H,12,13);1H3,(H,2,3,4);1H. The number of carbonyl (C=O) groups is 2. The van der Waals surface area contributed by atoms with Crippen LogP contribution < -0.4 is 0 Å². The van der Waals surface area contributed by atoms with E-state index in [1.165, 1.54) is 25.1 Å². The number of rotatable bonds is 2. The molecule has 0 aliphatic carbocycles. The second kappa shape index (κ2) is 7.44. The molecule has 0 atom stereocenters. The van der Waals surface area contributed by atoms with E-state index in [1.54, 1.807) is 0 Å². The lowest BCUT2D eigenvalue weighted by atomic mass is 10.0. The third-order valence-electron chi connectivity index (χ3n) is 1.79. The molecule has 0 aromatic heterocycles. The van der Waals surface area contributed by atoms with Crippen molar-refractivity contribution >= 4 is 22.1 Å². The zero-order valence-corrected chi connectivity index (χ0v) is 10.8. The number of carboxylic acids is 2. The van der Waals surface area contributed by atoms with Crippen LogP contribution >= 0.6 is 0 Å². The Kier molecular flexibility index (Phi) is 7.57. The summed E-state index contributed by atoms with van der Waals surface area (Å²) in [6.07, 6.45) is 0.715. The van der Waals surface area contributed by atoms with Crippen LogP contribution in [0.5, 0.6) is 0 Å². The van der Waals surface area contributed by atoms with E-state index in [0.717, 1.165) is 0 Å². The first kappa shape index (κ1) is 19.3. The molecule has 0 unspecified atom stereocenters. The van der Waals surface area contributed by atoms with Gasteiger partial charge in [0.05, 0.1) is 17.4 Å². The van der Waals surface area contributed by atoms with Crippen molar-refractivity contribution in [3.8, 4) is 0 Å². The molecule has 3 N–H and O–H groups in total. The average molecular weight is 296 g/mol. The van der Waals surface area contributed by atoms with Gasteiger partial charge in [-0.3, -0.25) is 9.26 Å². The lowest BCUT2D eigenvalue weighted by Crippen LogP contribution is -2.06. The molecule has 0 saturated carbocycles. The molecule has 0 spiro atoms. The van der Waals surface area contributed by atoms with Gasteiger partial charge in [-0.05, 0) is 24.6 Å². The Morgan fingerprint density at radius 2 is 1.32 bits per heavy atom. The summed E-state index contributed by atoms with van der Waals surface area (Å²) >= 11 is 0. The molecule has 0 saturated heterocycles. The normalized spacial score (nSPS) is 9.63. The van der Waals surface area contributed by atoms with Crippen molar-refractivity contribution in [2.24, 2.45) is 0 Å². The van der Waals surface area contributed by atoms with Gasteiger partial charge in [0.1, 0.15) is 0 Å². The van der Waals surface area contributed by atoms with Crippen molar-refractivity contribution in [1.29, 1.82) is 0 Å². The van der Waals surface area contributed by atoms with Gasteiger partial charge in [0.2, 0.25) is 0 Å². The average Bonchev–Trinajstić information content (AvgIpc) is 2.14. The molecule has 0 amide bonds. The molecule has 0 aliphatic heterocycles. The quantitative estimate of drug-likeness (QED) is 0.695.